The van der Waals surface area contributed by atoms with Gasteiger partial charge in [0.25, 0.3) is 5.69 Å². The number of piperazine rings is 1. The van der Waals surface area contributed by atoms with E-state index in [4.69, 9.17) is 0 Å². The van der Waals surface area contributed by atoms with Gasteiger partial charge in [-0.05, 0) is 6.07 Å². The molecule has 0 N–H and O–H groups in total. The molecule has 0 atom stereocenters. The van der Waals surface area contributed by atoms with Crippen LogP contribution in [0.1, 0.15) is 25.6 Å². The fraction of sp³-hybridized carbons (Fsp3) is 0.467. The number of nitro groups is 1. The number of sulfonamides is 1. The number of nitro benzene ring substituents is 1. The van der Waals surface area contributed by atoms with Crippen LogP contribution in [0.15, 0.2) is 29.2 Å². The molecule has 0 amide bonds. The van der Waals surface area contributed by atoms with Crippen LogP contribution >= 0.6 is 11.5 Å². The van der Waals surface area contributed by atoms with E-state index in [1.165, 1.54) is 40.1 Å². The first kappa shape index (κ1) is 18.7. The predicted octanol–water partition coefficient (Wildman–Crippen LogP) is 2.08. The summed E-state index contributed by atoms with van der Waals surface area (Å²) < 4.78 is 31.3. The summed E-state index contributed by atoms with van der Waals surface area (Å²) in [4.78, 5) is 16.7. The molecule has 26 heavy (non-hydrogen) atoms. The second kappa shape index (κ2) is 7.25. The van der Waals surface area contributed by atoms with Gasteiger partial charge in [0.05, 0.1) is 4.92 Å². The third kappa shape index (κ3) is 3.55. The van der Waals surface area contributed by atoms with Gasteiger partial charge in [-0.2, -0.15) is 8.68 Å². The van der Waals surface area contributed by atoms with Gasteiger partial charge < -0.3 is 4.90 Å². The van der Waals surface area contributed by atoms with Crippen molar-refractivity contribution in [1.82, 2.24) is 13.7 Å². The van der Waals surface area contributed by atoms with Gasteiger partial charge in [0, 0.05) is 49.7 Å². The van der Waals surface area contributed by atoms with Crippen molar-refractivity contribution in [3.8, 4) is 0 Å². The predicted molar refractivity (Wildman–Crippen MR) is 98.1 cm³/mol. The van der Waals surface area contributed by atoms with Crippen LogP contribution in [0.5, 0.6) is 0 Å². The van der Waals surface area contributed by atoms with Crippen LogP contribution in [0.4, 0.5) is 10.8 Å². The minimum Gasteiger partial charge on any atom is -0.344 e. The summed E-state index contributed by atoms with van der Waals surface area (Å²) in [7, 11) is -3.92. The van der Waals surface area contributed by atoms with Crippen molar-refractivity contribution in [2.24, 2.45) is 0 Å². The fourth-order valence-electron chi connectivity index (χ4n) is 2.67. The van der Waals surface area contributed by atoms with E-state index in [0.717, 1.165) is 11.0 Å². The van der Waals surface area contributed by atoms with Crippen LogP contribution in [0, 0.1) is 10.1 Å². The van der Waals surface area contributed by atoms with Gasteiger partial charge in [0.1, 0.15) is 5.82 Å². The maximum absolute atomic E-state index is 12.8. The summed E-state index contributed by atoms with van der Waals surface area (Å²) >= 11 is 1.30. The average molecular weight is 397 g/mol. The van der Waals surface area contributed by atoms with E-state index < -0.39 is 20.6 Å². The molecule has 0 bridgehead atoms. The van der Waals surface area contributed by atoms with Gasteiger partial charge in [-0.15, -0.1) is 0 Å². The molecular formula is C15H19N5O4S2. The molecule has 0 unspecified atom stereocenters. The fourth-order valence-corrected chi connectivity index (χ4v) is 5.11. The lowest BCUT2D eigenvalue weighted by atomic mass is 10.2. The molecule has 0 spiro atoms. The van der Waals surface area contributed by atoms with Crippen LogP contribution in [0.25, 0.3) is 0 Å². The Kier molecular flexibility index (Phi) is 5.21. The van der Waals surface area contributed by atoms with Crippen LogP contribution < -0.4 is 4.90 Å². The van der Waals surface area contributed by atoms with Crippen LogP contribution in [0.3, 0.4) is 0 Å². The Labute approximate surface area is 155 Å². The first-order valence-corrected chi connectivity index (χ1v) is 10.3. The van der Waals surface area contributed by atoms with Crippen molar-refractivity contribution >= 4 is 32.4 Å². The maximum atomic E-state index is 12.8. The van der Waals surface area contributed by atoms with Crippen molar-refractivity contribution in [2.45, 2.75) is 24.7 Å². The molecule has 1 fully saturated rings. The quantitative estimate of drug-likeness (QED) is 0.561. The topological polar surface area (TPSA) is 110 Å². The first-order valence-electron chi connectivity index (χ1n) is 8.13. The number of hydrogen-bond acceptors (Lipinski definition) is 8. The summed E-state index contributed by atoms with van der Waals surface area (Å²) in [6.45, 7) is 5.45. The lowest BCUT2D eigenvalue weighted by molar-refractivity contribution is -0.387. The second-order valence-electron chi connectivity index (χ2n) is 6.21. The van der Waals surface area contributed by atoms with Gasteiger partial charge in [-0.25, -0.2) is 13.4 Å². The largest absolute Gasteiger partial charge is 0.344 e. The van der Waals surface area contributed by atoms with Gasteiger partial charge in [-0.3, -0.25) is 10.1 Å². The molecule has 3 rings (SSSR count). The Bertz CT molecular complexity index is 904. The standard InChI is InChI=1S/C15H19N5O4S2/c1-11(2)14-16-15(25-17-14)18-7-9-19(10-8-18)26(23,24)13-6-4-3-5-12(13)20(21)22/h3-6,11H,7-10H2,1-2H3. The summed E-state index contributed by atoms with van der Waals surface area (Å²) in [5.74, 6) is 1.01. The number of nitrogens with zero attached hydrogens (tertiary/aromatic N) is 5. The van der Waals surface area contributed by atoms with Crippen LogP contribution in [-0.4, -0.2) is 53.2 Å². The highest BCUT2D eigenvalue weighted by Crippen LogP contribution is 2.28. The molecule has 0 saturated carbocycles. The number of para-hydroxylation sites is 1. The molecule has 2 aromatic rings. The van der Waals surface area contributed by atoms with Crippen molar-refractivity contribution in [1.29, 1.82) is 0 Å². The molecule has 1 aliphatic rings. The Morgan fingerprint density at radius 1 is 1.19 bits per heavy atom. The number of aromatic nitrogens is 2. The summed E-state index contributed by atoms with van der Waals surface area (Å²) in [6, 6.07) is 5.43. The van der Waals surface area contributed by atoms with E-state index in [9.17, 15) is 18.5 Å². The lowest BCUT2D eigenvalue weighted by Crippen LogP contribution is -2.48. The van der Waals surface area contributed by atoms with E-state index in [0.29, 0.717) is 13.1 Å². The highest BCUT2D eigenvalue weighted by Gasteiger charge is 2.34. The zero-order valence-corrected chi connectivity index (χ0v) is 16.0. The molecule has 0 aliphatic carbocycles. The van der Waals surface area contributed by atoms with Crippen molar-refractivity contribution < 1.29 is 13.3 Å². The number of hydrogen-bond donors (Lipinski definition) is 0. The van der Waals surface area contributed by atoms with E-state index in [1.807, 2.05) is 18.7 Å². The Morgan fingerprint density at radius 3 is 2.42 bits per heavy atom. The summed E-state index contributed by atoms with van der Waals surface area (Å²) in [5.41, 5.74) is -0.402. The maximum Gasteiger partial charge on any atom is 0.289 e. The monoisotopic (exact) mass is 397 g/mol. The average Bonchev–Trinajstić information content (AvgIpc) is 3.12. The highest BCUT2D eigenvalue weighted by atomic mass is 32.2. The normalized spacial score (nSPS) is 16.2. The Morgan fingerprint density at radius 2 is 1.85 bits per heavy atom. The molecule has 0 radical (unpaired) electrons. The molecule has 1 aliphatic heterocycles. The van der Waals surface area contributed by atoms with E-state index in [1.54, 1.807) is 0 Å². The third-order valence-electron chi connectivity index (χ3n) is 4.14. The molecule has 1 aromatic carbocycles. The van der Waals surface area contributed by atoms with Gasteiger partial charge in [0.15, 0.2) is 4.90 Å². The van der Waals surface area contributed by atoms with E-state index >= 15 is 0 Å². The molecule has 11 heteroatoms. The SMILES string of the molecule is CC(C)c1nsc(N2CCN(S(=O)(=O)c3ccccc3[N+](=O)[O-])CC2)n1. The molecule has 140 valence electrons. The molecular weight excluding hydrogens is 378 g/mol. The van der Waals surface area contributed by atoms with Gasteiger partial charge in [-0.1, -0.05) is 26.0 Å². The molecule has 9 nitrogen and oxygen atoms in total. The lowest BCUT2D eigenvalue weighted by Gasteiger charge is -2.33. The minimum absolute atomic E-state index is 0.236. The smallest absolute Gasteiger partial charge is 0.289 e. The zero-order chi connectivity index (χ0) is 18.9. The molecule has 2 heterocycles. The second-order valence-corrected chi connectivity index (χ2v) is 8.84. The van der Waals surface area contributed by atoms with Gasteiger partial charge >= 0.3 is 0 Å². The summed E-state index contributed by atoms with van der Waals surface area (Å²) in [6.07, 6.45) is 0. The van der Waals surface area contributed by atoms with Crippen molar-refractivity contribution in [2.75, 3.05) is 31.1 Å². The van der Waals surface area contributed by atoms with E-state index in [-0.39, 0.29) is 23.9 Å². The number of benzene rings is 1. The number of rotatable bonds is 5. The first-order chi connectivity index (χ1) is 12.3. The van der Waals surface area contributed by atoms with Gasteiger partial charge in [0.2, 0.25) is 15.2 Å². The number of anilines is 1. The summed E-state index contributed by atoms with van der Waals surface area (Å²) in [5, 5.41) is 11.9. The Hall–Kier alpha value is -2.11. The van der Waals surface area contributed by atoms with Crippen molar-refractivity contribution in [3.05, 3.63) is 40.2 Å². The van der Waals surface area contributed by atoms with Crippen LogP contribution in [-0.2, 0) is 10.0 Å². The highest BCUT2D eigenvalue weighted by molar-refractivity contribution is 7.89. The zero-order valence-electron chi connectivity index (χ0n) is 14.4. The van der Waals surface area contributed by atoms with E-state index in [2.05, 4.69) is 9.36 Å². The van der Waals surface area contributed by atoms with Crippen molar-refractivity contribution in [3.63, 3.8) is 0 Å². The Balaban J connectivity index is 1.76. The molecule has 1 saturated heterocycles. The third-order valence-corrected chi connectivity index (χ3v) is 6.87. The molecule has 1 aromatic heterocycles. The van der Waals surface area contributed by atoms with Crippen LogP contribution in [0.2, 0.25) is 0 Å². The minimum atomic E-state index is -3.92.